The highest BCUT2D eigenvalue weighted by Crippen LogP contribution is 2.30. The molecule has 0 aliphatic heterocycles. The van der Waals surface area contributed by atoms with E-state index >= 15 is 0 Å². The molecule has 1 aliphatic rings. The van der Waals surface area contributed by atoms with E-state index in [2.05, 4.69) is 10.5 Å². The lowest BCUT2D eigenvalue weighted by Crippen LogP contribution is -2.45. The molecule has 0 bridgehead atoms. The summed E-state index contributed by atoms with van der Waals surface area (Å²) in [6, 6.07) is 1.79. The summed E-state index contributed by atoms with van der Waals surface area (Å²) in [5, 5.41) is 6.84. The molecule has 0 aromatic carbocycles. The number of nitrogens with zero attached hydrogens (tertiary/aromatic N) is 2. The third kappa shape index (κ3) is 4.71. The Morgan fingerprint density at radius 3 is 2.70 bits per heavy atom. The molecule has 23 heavy (non-hydrogen) atoms. The first kappa shape index (κ1) is 17.3. The van der Waals surface area contributed by atoms with Gasteiger partial charge in [0.1, 0.15) is 5.92 Å². The minimum Gasteiger partial charge on any atom is -0.369 e. The third-order valence-corrected chi connectivity index (χ3v) is 4.44. The van der Waals surface area contributed by atoms with Crippen molar-refractivity contribution in [2.24, 2.45) is 17.6 Å². The second-order valence-electron chi connectivity index (χ2n) is 6.30. The first-order chi connectivity index (χ1) is 11.0. The first-order valence-electron chi connectivity index (χ1n) is 8.20. The molecule has 0 radical (unpaired) electrons. The molecular weight excluding hydrogens is 296 g/mol. The molecule has 2 amide bonds. The topological polar surface area (TPSA) is 101 Å². The number of carbonyl (C=O) groups excluding carboxylic acids is 2. The number of rotatable bonds is 7. The Bertz CT molecular complexity index is 537. The molecule has 128 valence electrons. The predicted molar refractivity (Wildman–Crippen MR) is 86.6 cm³/mol. The molecule has 1 aromatic rings. The van der Waals surface area contributed by atoms with E-state index in [4.69, 9.17) is 10.3 Å². The maximum Gasteiger partial charge on any atom is 0.235 e. The second kappa shape index (κ2) is 7.99. The molecule has 0 spiro atoms. The number of nitrogens with two attached hydrogens (primary N) is 1. The standard InChI is InChI=1S/C16H26N4O3/c1-11-10-13(23-19-11)18-8-9-20(2)16(22)14(15(17)21)12-6-4-3-5-7-12/h10,12,14,18H,3-9H2,1-2H3,(H2,17,21). The highest BCUT2D eigenvalue weighted by atomic mass is 16.5. The Kier molecular flexibility index (Phi) is 6.01. The van der Waals surface area contributed by atoms with Gasteiger partial charge in [-0.05, 0) is 25.7 Å². The molecule has 7 nitrogen and oxygen atoms in total. The zero-order valence-electron chi connectivity index (χ0n) is 13.9. The molecule has 0 saturated heterocycles. The van der Waals surface area contributed by atoms with Gasteiger partial charge >= 0.3 is 0 Å². The maximum atomic E-state index is 12.6. The van der Waals surface area contributed by atoms with Crippen molar-refractivity contribution >= 4 is 17.7 Å². The van der Waals surface area contributed by atoms with E-state index in [-0.39, 0.29) is 11.8 Å². The largest absolute Gasteiger partial charge is 0.369 e. The highest BCUT2D eigenvalue weighted by Gasteiger charge is 2.35. The van der Waals surface area contributed by atoms with Crippen LogP contribution in [-0.2, 0) is 9.59 Å². The molecule has 1 heterocycles. The van der Waals surface area contributed by atoms with E-state index in [1.54, 1.807) is 18.0 Å². The van der Waals surface area contributed by atoms with Gasteiger partial charge in [-0.25, -0.2) is 0 Å². The van der Waals surface area contributed by atoms with Gasteiger partial charge in [0.2, 0.25) is 17.7 Å². The van der Waals surface area contributed by atoms with Crippen LogP contribution in [0.2, 0.25) is 0 Å². The molecule has 1 unspecified atom stereocenters. The van der Waals surface area contributed by atoms with Crippen LogP contribution in [0.15, 0.2) is 10.6 Å². The molecular formula is C16H26N4O3. The van der Waals surface area contributed by atoms with Gasteiger partial charge in [-0.1, -0.05) is 24.4 Å². The number of nitrogens with one attached hydrogen (secondary N) is 1. The van der Waals surface area contributed by atoms with Crippen molar-refractivity contribution in [3.8, 4) is 0 Å². The third-order valence-electron chi connectivity index (χ3n) is 4.44. The molecule has 1 saturated carbocycles. The number of amides is 2. The normalized spacial score (nSPS) is 16.8. The van der Waals surface area contributed by atoms with Gasteiger partial charge in [-0.3, -0.25) is 9.59 Å². The summed E-state index contributed by atoms with van der Waals surface area (Å²) < 4.78 is 5.05. The van der Waals surface area contributed by atoms with Crippen LogP contribution in [0, 0.1) is 18.8 Å². The number of likely N-dealkylation sites (N-methyl/N-ethyl adjacent to an activating group) is 1. The number of aromatic nitrogens is 1. The average Bonchev–Trinajstić information content (AvgIpc) is 2.93. The minimum absolute atomic E-state index is 0.0843. The fraction of sp³-hybridized carbons (Fsp3) is 0.688. The summed E-state index contributed by atoms with van der Waals surface area (Å²) in [4.78, 5) is 25.9. The fourth-order valence-electron chi connectivity index (χ4n) is 3.16. The number of carbonyl (C=O) groups is 2. The van der Waals surface area contributed by atoms with Crippen molar-refractivity contribution < 1.29 is 14.1 Å². The smallest absolute Gasteiger partial charge is 0.235 e. The lowest BCUT2D eigenvalue weighted by molar-refractivity contribution is -0.142. The monoisotopic (exact) mass is 322 g/mol. The van der Waals surface area contributed by atoms with E-state index in [0.29, 0.717) is 19.0 Å². The predicted octanol–water partition coefficient (Wildman–Crippen LogP) is 1.54. The van der Waals surface area contributed by atoms with Crippen LogP contribution in [0.4, 0.5) is 5.88 Å². The van der Waals surface area contributed by atoms with E-state index in [1.165, 1.54) is 6.42 Å². The molecule has 1 atom stereocenters. The van der Waals surface area contributed by atoms with Crippen molar-refractivity contribution in [2.75, 3.05) is 25.5 Å². The van der Waals surface area contributed by atoms with E-state index in [1.807, 2.05) is 6.92 Å². The van der Waals surface area contributed by atoms with Gasteiger partial charge in [0.15, 0.2) is 0 Å². The van der Waals surface area contributed by atoms with Crippen LogP contribution >= 0.6 is 0 Å². The number of anilines is 1. The van der Waals surface area contributed by atoms with E-state index in [9.17, 15) is 9.59 Å². The number of hydrogen-bond donors (Lipinski definition) is 2. The zero-order chi connectivity index (χ0) is 16.8. The Morgan fingerprint density at radius 2 is 2.13 bits per heavy atom. The van der Waals surface area contributed by atoms with Crippen LogP contribution in [0.3, 0.4) is 0 Å². The lowest BCUT2D eigenvalue weighted by atomic mass is 9.79. The quantitative estimate of drug-likeness (QED) is 0.741. The minimum atomic E-state index is -0.701. The molecule has 1 fully saturated rings. The van der Waals surface area contributed by atoms with Crippen molar-refractivity contribution in [1.82, 2.24) is 10.1 Å². The van der Waals surface area contributed by atoms with Gasteiger partial charge in [0, 0.05) is 26.2 Å². The van der Waals surface area contributed by atoms with Gasteiger partial charge < -0.3 is 20.5 Å². The zero-order valence-corrected chi connectivity index (χ0v) is 13.9. The number of primary amides is 1. The van der Waals surface area contributed by atoms with Crippen LogP contribution in [0.1, 0.15) is 37.8 Å². The summed E-state index contributed by atoms with van der Waals surface area (Å²) >= 11 is 0. The molecule has 1 aliphatic carbocycles. The average molecular weight is 322 g/mol. The van der Waals surface area contributed by atoms with Crippen molar-refractivity contribution in [1.29, 1.82) is 0 Å². The Morgan fingerprint density at radius 1 is 1.43 bits per heavy atom. The summed E-state index contributed by atoms with van der Waals surface area (Å²) in [7, 11) is 1.70. The van der Waals surface area contributed by atoms with Gasteiger partial charge in [-0.2, -0.15) is 0 Å². The van der Waals surface area contributed by atoms with Crippen LogP contribution in [0.25, 0.3) is 0 Å². The van der Waals surface area contributed by atoms with Crippen molar-refractivity contribution in [3.63, 3.8) is 0 Å². The fourth-order valence-corrected chi connectivity index (χ4v) is 3.16. The van der Waals surface area contributed by atoms with E-state index < -0.39 is 11.8 Å². The van der Waals surface area contributed by atoms with Crippen LogP contribution < -0.4 is 11.1 Å². The summed E-state index contributed by atoms with van der Waals surface area (Å²) in [6.07, 6.45) is 5.12. The molecule has 2 rings (SSSR count). The second-order valence-corrected chi connectivity index (χ2v) is 6.30. The Balaban J connectivity index is 1.86. The maximum absolute atomic E-state index is 12.6. The van der Waals surface area contributed by atoms with Crippen molar-refractivity contribution in [3.05, 3.63) is 11.8 Å². The van der Waals surface area contributed by atoms with E-state index in [0.717, 1.165) is 31.4 Å². The molecule has 7 heteroatoms. The lowest BCUT2D eigenvalue weighted by Gasteiger charge is -2.30. The highest BCUT2D eigenvalue weighted by molar-refractivity contribution is 5.99. The number of hydrogen-bond acceptors (Lipinski definition) is 5. The van der Waals surface area contributed by atoms with Gasteiger partial charge in [-0.15, -0.1) is 0 Å². The van der Waals surface area contributed by atoms with Crippen LogP contribution in [0.5, 0.6) is 0 Å². The van der Waals surface area contributed by atoms with Crippen molar-refractivity contribution in [2.45, 2.75) is 39.0 Å². The summed E-state index contributed by atoms with van der Waals surface area (Å²) in [5.41, 5.74) is 6.30. The summed E-state index contributed by atoms with van der Waals surface area (Å²) in [5.74, 6) is -0.733. The van der Waals surface area contributed by atoms with Gasteiger partial charge in [0.05, 0.1) is 5.69 Å². The first-order valence-corrected chi connectivity index (χ1v) is 8.20. The SMILES string of the molecule is Cc1cc(NCCN(C)C(=O)C(C(N)=O)C2CCCCC2)on1. The Labute approximate surface area is 136 Å². The Hall–Kier alpha value is -2.05. The number of aryl methyl sites for hydroxylation is 1. The van der Waals surface area contributed by atoms with Crippen LogP contribution in [-0.4, -0.2) is 42.0 Å². The van der Waals surface area contributed by atoms with Gasteiger partial charge in [0.25, 0.3) is 0 Å². The molecule has 3 N–H and O–H groups in total. The summed E-state index contributed by atoms with van der Waals surface area (Å²) in [6.45, 7) is 2.83. The molecule has 1 aromatic heterocycles.